The van der Waals surface area contributed by atoms with Crippen LogP contribution >= 0.6 is 0 Å². The molecule has 1 heterocycles. The second-order valence-electron chi connectivity index (χ2n) is 8.99. The molecule has 1 saturated carbocycles. The van der Waals surface area contributed by atoms with E-state index in [9.17, 15) is 31.2 Å². The summed E-state index contributed by atoms with van der Waals surface area (Å²) in [5.74, 6) is -0.590. The van der Waals surface area contributed by atoms with Crippen molar-refractivity contribution in [3.63, 3.8) is 0 Å². The molecule has 7 nitrogen and oxygen atoms in total. The van der Waals surface area contributed by atoms with Crippen molar-refractivity contribution >= 4 is 21.7 Å². The van der Waals surface area contributed by atoms with Crippen molar-refractivity contribution in [2.24, 2.45) is 5.92 Å². The van der Waals surface area contributed by atoms with Crippen LogP contribution in [-0.4, -0.2) is 63.6 Å². The summed E-state index contributed by atoms with van der Waals surface area (Å²) >= 11 is 0. The molecule has 0 radical (unpaired) electrons. The molecule has 2 N–H and O–H groups in total. The largest absolute Gasteiger partial charge is 0.416 e. The van der Waals surface area contributed by atoms with Gasteiger partial charge in [0, 0.05) is 24.4 Å². The van der Waals surface area contributed by atoms with E-state index in [0.717, 1.165) is 50.8 Å². The van der Waals surface area contributed by atoms with Gasteiger partial charge >= 0.3 is 6.18 Å². The van der Waals surface area contributed by atoms with E-state index in [0.29, 0.717) is 31.8 Å². The molecule has 2 amide bonds. The molecule has 184 valence electrons. The van der Waals surface area contributed by atoms with Gasteiger partial charge in [-0.2, -0.15) is 13.2 Å². The molecule has 2 fully saturated rings. The zero-order valence-electron chi connectivity index (χ0n) is 18.6. The quantitative estimate of drug-likeness (QED) is 0.614. The number of nitrogens with one attached hydrogen (secondary N) is 2. The van der Waals surface area contributed by atoms with E-state index in [1.54, 1.807) is 0 Å². The molecule has 0 spiro atoms. The minimum Gasteiger partial charge on any atom is -0.352 e. The predicted octanol–water partition coefficient (Wildman–Crippen LogP) is 2.61. The van der Waals surface area contributed by atoms with Crippen molar-refractivity contribution in [2.45, 2.75) is 55.6 Å². The summed E-state index contributed by atoms with van der Waals surface area (Å²) in [6.07, 6.45) is 1.88. The van der Waals surface area contributed by atoms with Gasteiger partial charge in [0.05, 0.1) is 17.0 Å². The molecular formula is C22H30F3N3O4S. The molecule has 0 aromatic heterocycles. The first-order chi connectivity index (χ1) is 15.4. The van der Waals surface area contributed by atoms with Crippen LogP contribution in [0.5, 0.6) is 0 Å². The van der Waals surface area contributed by atoms with Gasteiger partial charge in [-0.15, -0.1) is 0 Å². The summed E-state index contributed by atoms with van der Waals surface area (Å²) in [5.41, 5.74) is -1.52. The average molecular weight is 490 g/mol. The molecule has 1 aromatic carbocycles. The van der Waals surface area contributed by atoms with Gasteiger partial charge in [-0.05, 0) is 62.9 Å². The first kappa shape index (κ1) is 25.5. The van der Waals surface area contributed by atoms with Crippen LogP contribution in [0.4, 0.5) is 13.2 Å². The van der Waals surface area contributed by atoms with Gasteiger partial charge in [0.1, 0.15) is 0 Å². The Bertz CT molecular complexity index is 968. The number of sulfone groups is 1. The van der Waals surface area contributed by atoms with Crippen molar-refractivity contribution in [3.05, 3.63) is 29.3 Å². The predicted molar refractivity (Wildman–Crippen MR) is 116 cm³/mol. The molecule has 11 heteroatoms. The molecule has 1 aliphatic carbocycles. The first-order valence-corrected chi connectivity index (χ1v) is 13.0. The number of halogens is 3. The Morgan fingerprint density at radius 1 is 1.06 bits per heavy atom. The summed E-state index contributed by atoms with van der Waals surface area (Å²) in [5, 5.41) is 5.70. The normalized spacial score (nSPS) is 18.9. The summed E-state index contributed by atoms with van der Waals surface area (Å²) < 4.78 is 63.0. The lowest BCUT2D eigenvalue weighted by Gasteiger charge is -2.31. The molecule has 2 aliphatic rings. The minimum atomic E-state index is -4.77. The number of benzene rings is 1. The highest BCUT2D eigenvalue weighted by atomic mass is 32.2. The number of piperidine rings is 1. The van der Waals surface area contributed by atoms with Gasteiger partial charge < -0.3 is 10.6 Å². The number of alkyl halides is 3. The number of rotatable bonds is 7. The van der Waals surface area contributed by atoms with Gasteiger partial charge in [0.15, 0.2) is 9.84 Å². The molecule has 33 heavy (non-hydrogen) atoms. The molecule has 0 bridgehead atoms. The number of hydrogen-bond acceptors (Lipinski definition) is 5. The van der Waals surface area contributed by atoms with E-state index < -0.39 is 32.4 Å². The van der Waals surface area contributed by atoms with E-state index in [1.807, 2.05) is 0 Å². The topological polar surface area (TPSA) is 95.6 Å². The Balaban J connectivity index is 1.50. The van der Waals surface area contributed by atoms with E-state index >= 15 is 0 Å². The zero-order valence-corrected chi connectivity index (χ0v) is 19.4. The summed E-state index contributed by atoms with van der Waals surface area (Å²) in [4.78, 5) is 26.2. The van der Waals surface area contributed by atoms with Crippen molar-refractivity contribution in [1.29, 1.82) is 0 Å². The maximum absolute atomic E-state index is 13.2. The maximum atomic E-state index is 13.2. The monoisotopic (exact) mass is 489 g/mol. The third-order valence-corrected chi connectivity index (χ3v) is 7.36. The fraction of sp³-hybridized carbons (Fsp3) is 0.636. The Morgan fingerprint density at radius 2 is 1.70 bits per heavy atom. The summed E-state index contributed by atoms with van der Waals surface area (Å²) in [6.45, 7) is 2.00. The van der Waals surface area contributed by atoms with Crippen LogP contribution < -0.4 is 10.6 Å². The average Bonchev–Trinajstić information content (AvgIpc) is 3.24. The highest BCUT2D eigenvalue weighted by Gasteiger charge is 2.33. The van der Waals surface area contributed by atoms with Gasteiger partial charge in [-0.25, -0.2) is 8.42 Å². The molecule has 0 atom stereocenters. The second kappa shape index (κ2) is 10.4. The van der Waals surface area contributed by atoms with Crippen molar-refractivity contribution in [2.75, 3.05) is 32.4 Å². The van der Waals surface area contributed by atoms with Crippen LogP contribution in [0.2, 0.25) is 0 Å². The van der Waals surface area contributed by atoms with Crippen LogP contribution in [0.3, 0.4) is 0 Å². The SMILES string of the molecule is CS(=O)(=O)c1cc(C(=O)NCC2CCN(CC(=O)NC3CCCC3)CC2)cc(C(F)(F)F)c1. The van der Waals surface area contributed by atoms with E-state index in [-0.39, 0.29) is 30.0 Å². The van der Waals surface area contributed by atoms with Crippen molar-refractivity contribution < 1.29 is 31.2 Å². The van der Waals surface area contributed by atoms with E-state index in [4.69, 9.17) is 0 Å². The number of hydrogen-bond donors (Lipinski definition) is 2. The Morgan fingerprint density at radius 3 is 2.27 bits per heavy atom. The third-order valence-electron chi connectivity index (χ3n) is 6.27. The number of carbonyl (C=O) groups excluding carboxylic acids is 2. The maximum Gasteiger partial charge on any atom is 0.416 e. The Labute approximate surface area is 192 Å². The molecule has 0 unspecified atom stereocenters. The molecule has 3 rings (SSSR count). The fourth-order valence-corrected chi connectivity index (χ4v) is 5.02. The van der Waals surface area contributed by atoms with Crippen LogP contribution in [0.1, 0.15) is 54.4 Å². The van der Waals surface area contributed by atoms with Crippen molar-refractivity contribution in [1.82, 2.24) is 15.5 Å². The second-order valence-corrected chi connectivity index (χ2v) is 11.0. The molecular weight excluding hydrogens is 459 g/mol. The molecule has 1 aliphatic heterocycles. The van der Waals surface area contributed by atoms with Crippen LogP contribution in [0.15, 0.2) is 23.1 Å². The van der Waals surface area contributed by atoms with Gasteiger partial charge in [0.25, 0.3) is 5.91 Å². The highest BCUT2D eigenvalue weighted by molar-refractivity contribution is 7.90. The van der Waals surface area contributed by atoms with Crippen LogP contribution in [0.25, 0.3) is 0 Å². The summed E-state index contributed by atoms with van der Waals surface area (Å²) in [7, 11) is -3.92. The Hall–Kier alpha value is -2.14. The zero-order chi connectivity index (χ0) is 24.2. The van der Waals surface area contributed by atoms with Crippen LogP contribution in [-0.2, 0) is 20.8 Å². The lowest BCUT2D eigenvalue weighted by molar-refractivity contribution is -0.137. The van der Waals surface area contributed by atoms with Crippen molar-refractivity contribution in [3.8, 4) is 0 Å². The summed E-state index contributed by atoms with van der Waals surface area (Å²) in [6, 6.07) is 2.44. The number of likely N-dealkylation sites (tertiary alicyclic amines) is 1. The van der Waals surface area contributed by atoms with E-state index in [1.165, 1.54) is 0 Å². The van der Waals surface area contributed by atoms with Gasteiger partial charge in [-0.1, -0.05) is 12.8 Å². The third kappa shape index (κ3) is 7.43. The number of amides is 2. The lowest BCUT2D eigenvalue weighted by atomic mass is 9.96. The van der Waals surface area contributed by atoms with Gasteiger partial charge in [-0.3, -0.25) is 14.5 Å². The minimum absolute atomic E-state index is 0.0277. The van der Waals surface area contributed by atoms with Gasteiger partial charge in [0.2, 0.25) is 5.91 Å². The lowest BCUT2D eigenvalue weighted by Crippen LogP contribution is -2.45. The number of carbonyl (C=O) groups is 2. The smallest absolute Gasteiger partial charge is 0.352 e. The highest BCUT2D eigenvalue weighted by Crippen LogP contribution is 2.32. The standard InChI is InChI=1S/C22H30F3N3O4S/c1-33(31,32)19-11-16(10-17(12-19)22(23,24)25)21(30)26-13-15-6-8-28(9-7-15)14-20(29)27-18-4-2-3-5-18/h10-12,15,18H,2-9,13-14H2,1H3,(H,26,30)(H,27,29). The molecule has 1 aromatic rings. The van der Waals surface area contributed by atoms with Crippen LogP contribution in [0, 0.1) is 5.92 Å². The molecule has 1 saturated heterocycles. The number of nitrogens with zero attached hydrogens (tertiary/aromatic N) is 1. The fourth-order valence-electron chi connectivity index (χ4n) is 4.34. The van der Waals surface area contributed by atoms with E-state index in [2.05, 4.69) is 15.5 Å². The Kier molecular flexibility index (Phi) is 8.04. The first-order valence-electron chi connectivity index (χ1n) is 11.1.